The van der Waals surface area contributed by atoms with Crippen molar-refractivity contribution in [2.24, 2.45) is 0 Å². The Labute approximate surface area is 187 Å². The summed E-state index contributed by atoms with van der Waals surface area (Å²) in [5, 5.41) is 42.2. The molecule has 4 N–H and O–H groups in total. The second kappa shape index (κ2) is 7.78. The number of aliphatic hydroxyl groups is 1. The molecular formula is C22H22N4O7. The van der Waals surface area contributed by atoms with Gasteiger partial charge < -0.3 is 30.1 Å². The van der Waals surface area contributed by atoms with Crippen molar-refractivity contribution in [3.05, 3.63) is 63.8 Å². The van der Waals surface area contributed by atoms with E-state index in [1.54, 1.807) is 18.3 Å². The van der Waals surface area contributed by atoms with Crippen LogP contribution in [0.1, 0.15) is 11.1 Å². The van der Waals surface area contributed by atoms with Crippen LogP contribution < -0.4 is 0 Å². The number of carbonyl (C=O) groups is 2. The number of carbonyl (C=O) groups excluding carboxylic acids is 2. The Morgan fingerprint density at radius 1 is 1.15 bits per heavy atom. The summed E-state index contributed by atoms with van der Waals surface area (Å²) in [6.07, 6.45) is 1.27. The zero-order valence-corrected chi connectivity index (χ0v) is 17.8. The third-order valence-corrected chi connectivity index (χ3v) is 6.17. The van der Waals surface area contributed by atoms with Crippen molar-refractivity contribution in [1.29, 1.82) is 0 Å². The minimum Gasteiger partial charge on any atom is -0.504 e. The molecule has 0 radical (unpaired) electrons. The first-order valence-corrected chi connectivity index (χ1v) is 10.1. The Bertz CT molecular complexity index is 1290. The number of nitrogens with zero attached hydrogens (tertiary/aromatic N) is 3. The first kappa shape index (κ1) is 22.1. The second-order valence-corrected chi connectivity index (χ2v) is 8.12. The van der Waals surface area contributed by atoms with E-state index in [9.17, 15) is 35.0 Å². The second-order valence-electron chi connectivity index (χ2n) is 8.12. The van der Waals surface area contributed by atoms with E-state index in [1.165, 1.54) is 38.4 Å². The molecule has 33 heavy (non-hydrogen) atoms. The number of phenols is 2. The Kier molecular flexibility index (Phi) is 5.21. The van der Waals surface area contributed by atoms with E-state index in [4.69, 9.17) is 0 Å². The zero-order chi connectivity index (χ0) is 24.1. The number of aromatic nitrogens is 1. The fraction of sp³-hybridized carbons (Fsp3) is 0.273. The first-order valence-electron chi connectivity index (χ1n) is 10.1. The normalized spacial score (nSPS) is 21.1. The minimum atomic E-state index is -2.21. The summed E-state index contributed by atoms with van der Waals surface area (Å²) in [7, 11) is 2.69. The minimum absolute atomic E-state index is 0.00629. The SMILES string of the molecule is CN1C(=O)[C@](O)(Cc2ccc(O)c(O)c2)N(C)C(=O)[C@@H]1Cc1c[nH]c2cccc([N+](=O)[O-])c12. The molecule has 1 aliphatic heterocycles. The fourth-order valence-electron chi connectivity index (χ4n) is 4.28. The van der Waals surface area contributed by atoms with Gasteiger partial charge in [-0.05, 0) is 29.3 Å². The number of likely N-dealkylation sites (N-methyl/N-ethyl adjacent to an activating group) is 2. The topological polar surface area (TPSA) is 160 Å². The van der Waals surface area contributed by atoms with Crippen LogP contribution in [0.5, 0.6) is 11.5 Å². The summed E-state index contributed by atoms with van der Waals surface area (Å²) in [6, 6.07) is 7.47. The number of aromatic amines is 1. The summed E-state index contributed by atoms with van der Waals surface area (Å²) >= 11 is 0. The maximum absolute atomic E-state index is 13.2. The number of benzene rings is 2. The van der Waals surface area contributed by atoms with Crippen LogP contribution in [-0.4, -0.2) is 72.7 Å². The molecule has 2 aromatic carbocycles. The van der Waals surface area contributed by atoms with Crippen LogP contribution in [0.2, 0.25) is 0 Å². The van der Waals surface area contributed by atoms with E-state index in [1.807, 2.05) is 0 Å². The number of nitro groups is 1. The summed E-state index contributed by atoms with van der Waals surface area (Å²) in [5.41, 5.74) is -0.957. The Balaban J connectivity index is 1.66. The molecule has 1 aliphatic rings. The average Bonchev–Trinajstić information content (AvgIpc) is 3.20. The third-order valence-electron chi connectivity index (χ3n) is 6.17. The number of rotatable bonds is 5. The molecule has 0 spiro atoms. The summed E-state index contributed by atoms with van der Waals surface area (Å²) in [4.78, 5) is 42.4. The monoisotopic (exact) mass is 454 g/mol. The number of nitrogens with one attached hydrogen (secondary N) is 1. The van der Waals surface area contributed by atoms with Crippen LogP contribution in [0, 0.1) is 10.1 Å². The number of piperazine rings is 1. The maximum Gasteiger partial charge on any atom is 0.279 e. The van der Waals surface area contributed by atoms with Gasteiger partial charge >= 0.3 is 0 Å². The van der Waals surface area contributed by atoms with Crippen LogP contribution in [0.4, 0.5) is 5.69 Å². The highest BCUT2D eigenvalue weighted by Crippen LogP contribution is 2.34. The fourth-order valence-corrected chi connectivity index (χ4v) is 4.28. The molecular weight excluding hydrogens is 432 g/mol. The van der Waals surface area contributed by atoms with Gasteiger partial charge in [-0.15, -0.1) is 0 Å². The van der Waals surface area contributed by atoms with E-state index in [-0.39, 0.29) is 24.3 Å². The highest BCUT2D eigenvalue weighted by molar-refractivity contribution is 5.99. The van der Waals surface area contributed by atoms with E-state index < -0.39 is 34.3 Å². The molecule has 2 heterocycles. The lowest BCUT2D eigenvalue weighted by atomic mass is 9.92. The number of aromatic hydroxyl groups is 2. The van der Waals surface area contributed by atoms with Gasteiger partial charge in [-0.25, -0.2) is 0 Å². The number of hydrogen-bond donors (Lipinski definition) is 4. The Hall–Kier alpha value is -4.12. The zero-order valence-electron chi connectivity index (χ0n) is 17.8. The lowest BCUT2D eigenvalue weighted by molar-refractivity contribution is -0.383. The number of hydrogen-bond acceptors (Lipinski definition) is 7. The van der Waals surface area contributed by atoms with Gasteiger partial charge in [0, 0.05) is 39.2 Å². The Morgan fingerprint density at radius 2 is 1.88 bits per heavy atom. The molecule has 4 rings (SSSR count). The number of amides is 2. The average molecular weight is 454 g/mol. The van der Waals surface area contributed by atoms with Crippen molar-refractivity contribution in [1.82, 2.24) is 14.8 Å². The highest BCUT2D eigenvalue weighted by atomic mass is 16.6. The smallest absolute Gasteiger partial charge is 0.279 e. The summed E-state index contributed by atoms with van der Waals surface area (Å²) in [6.45, 7) is 0. The van der Waals surface area contributed by atoms with Crippen LogP contribution >= 0.6 is 0 Å². The van der Waals surface area contributed by atoms with Gasteiger partial charge in [-0.3, -0.25) is 19.7 Å². The summed E-state index contributed by atoms with van der Waals surface area (Å²) in [5.74, 6) is -2.05. The third kappa shape index (κ3) is 3.52. The molecule has 1 saturated heterocycles. The number of fused-ring (bicyclic) bond motifs is 1. The first-order chi connectivity index (χ1) is 15.5. The molecule has 1 fully saturated rings. The molecule has 11 nitrogen and oxygen atoms in total. The molecule has 2 amide bonds. The summed E-state index contributed by atoms with van der Waals surface area (Å²) < 4.78 is 0. The number of phenolic OH excluding ortho intramolecular Hbond substituents is 2. The van der Waals surface area contributed by atoms with Crippen molar-refractivity contribution in [2.45, 2.75) is 24.6 Å². The van der Waals surface area contributed by atoms with Gasteiger partial charge in [0.05, 0.1) is 15.8 Å². The van der Waals surface area contributed by atoms with Crippen molar-refractivity contribution >= 4 is 28.4 Å². The van der Waals surface area contributed by atoms with Crippen molar-refractivity contribution in [3.8, 4) is 11.5 Å². The van der Waals surface area contributed by atoms with Gasteiger partial charge in [0.2, 0.25) is 11.6 Å². The van der Waals surface area contributed by atoms with Crippen molar-refractivity contribution < 1.29 is 29.8 Å². The number of H-pyrrole nitrogens is 1. The van der Waals surface area contributed by atoms with Crippen molar-refractivity contribution in [2.75, 3.05) is 14.1 Å². The molecule has 11 heteroatoms. The van der Waals surface area contributed by atoms with E-state index >= 15 is 0 Å². The molecule has 0 bridgehead atoms. The predicted octanol–water partition coefficient (Wildman–Crippen LogP) is 1.26. The molecule has 172 valence electrons. The lowest BCUT2D eigenvalue weighted by Gasteiger charge is -2.47. The molecule has 2 atom stereocenters. The molecule has 0 saturated carbocycles. The highest BCUT2D eigenvalue weighted by Gasteiger charge is 2.53. The van der Waals surface area contributed by atoms with Crippen LogP contribution in [0.3, 0.4) is 0 Å². The standard InChI is InChI=1S/C22H22N4O7/c1-24-16(9-13-11-23-14-4-3-5-15(19(13)14)26(32)33)20(29)25(2)22(31,21(24)30)10-12-6-7-17(27)18(28)8-12/h3-8,11,16,23,27-28,31H,9-10H2,1-2H3/t16-,22+/m0/s1. The largest absolute Gasteiger partial charge is 0.504 e. The van der Waals surface area contributed by atoms with Crippen LogP contribution in [0.15, 0.2) is 42.6 Å². The number of nitro benzene ring substituents is 1. The lowest BCUT2D eigenvalue weighted by Crippen LogP contribution is -2.70. The van der Waals surface area contributed by atoms with E-state index in [2.05, 4.69) is 4.98 Å². The van der Waals surface area contributed by atoms with Crippen LogP contribution in [-0.2, 0) is 22.4 Å². The van der Waals surface area contributed by atoms with E-state index in [0.29, 0.717) is 22.0 Å². The Morgan fingerprint density at radius 3 is 2.55 bits per heavy atom. The maximum atomic E-state index is 13.2. The van der Waals surface area contributed by atoms with Crippen LogP contribution in [0.25, 0.3) is 10.9 Å². The van der Waals surface area contributed by atoms with Gasteiger partial charge in [0.15, 0.2) is 11.5 Å². The van der Waals surface area contributed by atoms with Gasteiger partial charge in [-0.1, -0.05) is 12.1 Å². The molecule has 1 aromatic heterocycles. The molecule has 0 aliphatic carbocycles. The quantitative estimate of drug-likeness (QED) is 0.256. The van der Waals surface area contributed by atoms with Gasteiger partial charge in [0.1, 0.15) is 6.04 Å². The van der Waals surface area contributed by atoms with Gasteiger partial charge in [-0.2, -0.15) is 0 Å². The molecule has 0 unspecified atom stereocenters. The molecule has 3 aromatic rings. The van der Waals surface area contributed by atoms with E-state index in [0.717, 1.165) is 9.80 Å². The number of non-ortho nitro benzene ring substituents is 1. The predicted molar refractivity (Wildman–Crippen MR) is 116 cm³/mol. The van der Waals surface area contributed by atoms with Crippen molar-refractivity contribution in [3.63, 3.8) is 0 Å². The van der Waals surface area contributed by atoms with Gasteiger partial charge in [0.25, 0.3) is 11.6 Å².